The molecule has 1 saturated heterocycles. The van der Waals surface area contributed by atoms with Crippen molar-refractivity contribution >= 4 is 22.9 Å². The number of rotatable bonds is 4. The molecule has 0 spiro atoms. The molecule has 142 valence electrons. The van der Waals surface area contributed by atoms with Gasteiger partial charge in [-0.05, 0) is 37.2 Å². The fraction of sp³-hybridized carbons (Fsp3) is 0.381. The second kappa shape index (κ2) is 7.41. The highest BCUT2D eigenvalue weighted by molar-refractivity contribution is 6.32. The maximum Gasteiger partial charge on any atom is 0.139 e. The van der Waals surface area contributed by atoms with Gasteiger partial charge in [-0.1, -0.05) is 18.5 Å². The van der Waals surface area contributed by atoms with E-state index in [1.807, 2.05) is 12.1 Å². The fourth-order valence-corrected chi connectivity index (χ4v) is 3.95. The molecule has 6 heteroatoms. The quantitative estimate of drug-likeness (QED) is 0.677. The van der Waals surface area contributed by atoms with Crippen LogP contribution in [0, 0.1) is 6.92 Å². The molecule has 0 saturated carbocycles. The highest BCUT2D eigenvalue weighted by Gasteiger charge is 2.17. The first-order chi connectivity index (χ1) is 13.1. The lowest BCUT2D eigenvalue weighted by atomic mass is 10.1. The Morgan fingerprint density at radius 3 is 2.63 bits per heavy atom. The number of imidazole rings is 1. The lowest BCUT2D eigenvalue weighted by Gasteiger charge is -2.35. The first kappa shape index (κ1) is 18.1. The number of halogens is 1. The molecule has 1 aromatic carbocycles. The molecule has 1 aliphatic rings. The van der Waals surface area contributed by atoms with Gasteiger partial charge >= 0.3 is 0 Å². The number of fused-ring (bicyclic) bond motifs is 1. The summed E-state index contributed by atoms with van der Waals surface area (Å²) in [5, 5.41) is 0.602. The van der Waals surface area contributed by atoms with E-state index in [0.29, 0.717) is 10.8 Å². The van der Waals surface area contributed by atoms with Crippen molar-refractivity contribution in [2.45, 2.75) is 13.8 Å². The highest BCUT2D eigenvalue weighted by atomic mass is 35.5. The van der Waals surface area contributed by atoms with Gasteiger partial charge in [0.25, 0.3) is 0 Å². The van der Waals surface area contributed by atoms with Crippen LogP contribution in [0.4, 0.5) is 5.69 Å². The molecule has 4 rings (SSSR count). The second-order valence-corrected chi connectivity index (χ2v) is 7.41. The minimum atomic E-state index is 0.602. The van der Waals surface area contributed by atoms with Gasteiger partial charge in [0.15, 0.2) is 0 Å². The zero-order valence-corrected chi connectivity index (χ0v) is 16.8. The van der Waals surface area contributed by atoms with Crippen LogP contribution in [0.1, 0.15) is 12.5 Å². The summed E-state index contributed by atoms with van der Waals surface area (Å²) in [5.41, 5.74) is 5.23. The molecular formula is C21H25ClN4O. The van der Waals surface area contributed by atoms with E-state index >= 15 is 0 Å². The van der Waals surface area contributed by atoms with Gasteiger partial charge in [-0.15, -0.1) is 0 Å². The Hall–Kier alpha value is -2.24. The van der Waals surface area contributed by atoms with Crippen molar-refractivity contribution in [1.29, 1.82) is 0 Å². The predicted molar refractivity (Wildman–Crippen MR) is 111 cm³/mol. The maximum atomic E-state index is 6.33. The molecular weight excluding hydrogens is 360 g/mol. The number of piperazine rings is 1. The Kier molecular flexibility index (Phi) is 4.98. The molecule has 1 fully saturated rings. The third-order valence-corrected chi connectivity index (χ3v) is 5.70. The molecule has 27 heavy (non-hydrogen) atoms. The lowest BCUT2D eigenvalue weighted by molar-refractivity contribution is 0.271. The Balaban J connectivity index is 1.65. The van der Waals surface area contributed by atoms with Crippen LogP contribution in [0.3, 0.4) is 0 Å². The number of anilines is 1. The number of ether oxygens (including phenoxy) is 1. The summed E-state index contributed by atoms with van der Waals surface area (Å²) >= 11 is 6.33. The molecule has 3 aromatic rings. The molecule has 0 N–H and O–H groups in total. The summed E-state index contributed by atoms with van der Waals surface area (Å²) in [6, 6.07) is 8.24. The van der Waals surface area contributed by atoms with Crippen LogP contribution in [0.5, 0.6) is 5.75 Å². The van der Waals surface area contributed by atoms with Crippen molar-refractivity contribution in [2.75, 3.05) is 44.7 Å². The molecule has 3 heterocycles. The molecule has 0 amide bonds. The van der Waals surface area contributed by atoms with E-state index < -0.39 is 0 Å². The standard InChI is InChI=1S/C21H25ClN4O/c1-4-24-7-9-25(10-8-24)16-5-6-26-14-19(23-21(26)12-16)17-13-18(22)20(27-3)11-15(17)2/h5-6,11-14H,4,7-10H2,1-3H3. The molecule has 0 unspecified atom stereocenters. The molecule has 0 atom stereocenters. The average molecular weight is 385 g/mol. The van der Waals surface area contributed by atoms with Gasteiger partial charge in [0.2, 0.25) is 0 Å². The van der Waals surface area contributed by atoms with Crippen LogP contribution in [-0.4, -0.2) is 54.1 Å². The number of methoxy groups -OCH3 is 1. The summed E-state index contributed by atoms with van der Waals surface area (Å²) in [6.45, 7) is 9.75. The first-order valence-corrected chi connectivity index (χ1v) is 9.77. The van der Waals surface area contributed by atoms with Gasteiger partial charge in [-0.2, -0.15) is 0 Å². The number of likely N-dealkylation sites (N-methyl/N-ethyl adjacent to an activating group) is 1. The third-order valence-electron chi connectivity index (χ3n) is 5.40. The molecule has 0 bridgehead atoms. The van der Waals surface area contributed by atoms with Crippen molar-refractivity contribution in [3.05, 3.63) is 47.2 Å². The van der Waals surface area contributed by atoms with Crippen LogP contribution in [0.2, 0.25) is 5.02 Å². The number of aromatic nitrogens is 2. The minimum Gasteiger partial charge on any atom is -0.495 e. The van der Waals surface area contributed by atoms with E-state index in [0.717, 1.165) is 55.2 Å². The van der Waals surface area contributed by atoms with Crippen LogP contribution in [-0.2, 0) is 0 Å². The highest BCUT2D eigenvalue weighted by Crippen LogP contribution is 2.33. The fourth-order valence-electron chi connectivity index (χ4n) is 3.71. The second-order valence-electron chi connectivity index (χ2n) is 7.00. The van der Waals surface area contributed by atoms with E-state index in [1.165, 1.54) is 5.69 Å². The molecule has 0 aliphatic carbocycles. The summed E-state index contributed by atoms with van der Waals surface area (Å²) < 4.78 is 7.38. The smallest absolute Gasteiger partial charge is 0.139 e. The van der Waals surface area contributed by atoms with Crippen LogP contribution in [0.25, 0.3) is 16.9 Å². The molecule has 5 nitrogen and oxygen atoms in total. The summed E-state index contributed by atoms with van der Waals surface area (Å²) in [5.74, 6) is 0.690. The normalized spacial score (nSPS) is 15.5. The molecule has 0 radical (unpaired) electrons. The largest absolute Gasteiger partial charge is 0.495 e. The van der Waals surface area contributed by atoms with E-state index in [4.69, 9.17) is 21.3 Å². The van der Waals surface area contributed by atoms with Crippen LogP contribution >= 0.6 is 11.6 Å². The van der Waals surface area contributed by atoms with Gasteiger partial charge in [0.05, 0.1) is 17.8 Å². The topological polar surface area (TPSA) is 33.0 Å². The van der Waals surface area contributed by atoms with Gasteiger partial charge in [-0.25, -0.2) is 4.98 Å². The number of hydrogen-bond donors (Lipinski definition) is 0. The van der Waals surface area contributed by atoms with E-state index in [2.05, 4.69) is 52.6 Å². The number of nitrogens with zero attached hydrogens (tertiary/aromatic N) is 4. The zero-order valence-electron chi connectivity index (χ0n) is 16.1. The maximum absolute atomic E-state index is 6.33. The van der Waals surface area contributed by atoms with Gasteiger partial charge in [-0.3, -0.25) is 0 Å². The summed E-state index contributed by atoms with van der Waals surface area (Å²) in [4.78, 5) is 9.78. The lowest BCUT2D eigenvalue weighted by Crippen LogP contribution is -2.46. The van der Waals surface area contributed by atoms with E-state index in [9.17, 15) is 0 Å². The van der Waals surface area contributed by atoms with Crippen LogP contribution < -0.4 is 9.64 Å². The van der Waals surface area contributed by atoms with Crippen LogP contribution in [0.15, 0.2) is 36.7 Å². The minimum absolute atomic E-state index is 0.602. The predicted octanol–water partition coefficient (Wildman–Crippen LogP) is 4.11. The van der Waals surface area contributed by atoms with Gasteiger partial charge in [0, 0.05) is 55.9 Å². The van der Waals surface area contributed by atoms with E-state index in [-0.39, 0.29) is 0 Å². The first-order valence-electron chi connectivity index (χ1n) is 9.39. The zero-order chi connectivity index (χ0) is 19.0. The van der Waals surface area contributed by atoms with E-state index in [1.54, 1.807) is 7.11 Å². The number of benzene rings is 1. The Morgan fingerprint density at radius 1 is 1.15 bits per heavy atom. The van der Waals surface area contributed by atoms with Crippen molar-refractivity contribution in [1.82, 2.24) is 14.3 Å². The third kappa shape index (κ3) is 3.49. The van der Waals surface area contributed by atoms with Gasteiger partial charge in [0.1, 0.15) is 11.4 Å². The summed E-state index contributed by atoms with van der Waals surface area (Å²) in [6.07, 6.45) is 4.15. The van der Waals surface area contributed by atoms with Crippen molar-refractivity contribution < 1.29 is 4.74 Å². The molecule has 1 aliphatic heterocycles. The average Bonchev–Trinajstić information content (AvgIpc) is 3.12. The SMILES string of the molecule is CCN1CCN(c2ccn3cc(-c4cc(Cl)c(OC)cc4C)nc3c2)CC1. The van der Waals surface area contributed by atoms with Crippen molar-refractivity contribution in [3.63, 3.8) is 0 Å². The number of aryl methyl sites for hydroxylation is 1. The Labute approximate surface area is 165 Å². The Bertz CT molecular complexity index is 960. The van der Waals surface area contributed by atoms with Crippen molar-refractivity contribution in [3.8, 4) is 17.0 Å². The summed E-state index contributed by atoms with van der Waals surface area (Å²) in [7, 11) is 1.63. The van der Waals surface area contributed by atoms with Crippen molar-refractivity contribution in [2.24, 2.45) is 0 Å². The number of pyridine rings is 1. The monoisotopic (exact) mass is 384 g/mol. The Morgan fingerprint density at radius 2 is 1.93 bits per heavy atom. The number of hydrogen-bond acceptors (Lipinski definition) is 4. The molecule has 2 aromatic heterocycles. The van der Waals surface area contributed by atoms with Gasteiger partial charge < -0.3 is 18.9 Å².